The lowest BCUT2D eigenvalue weighted by Crippen LogP contribution is -2.26. The number of likely N-dealkylation sites (N-methyl/N-ethyl adjacent to an activating group) is 1. The first-order chi connectivity index (χ1) is 14.6. The number of nitrogens with zero attached hydrogens (tertiary/aromatic N) is 4. The summed E-state index contributed by atoms with van der Waals surface area (Å²) < 4.78 is 1.96. The van der Waals surface area contributed by atoms with Crippen molar-refractivity contribution in [2.45, 2.75) is 26.9 Å². The number of aliphatic hydroxyl groups is 1. The molecule has 1 aromatic carbocycles. The number of hydrogen-bond acceptors (Lipinski definition) is 5. The van der Waals surface area contributed by atoms with Crippen molar-refractivity contribution in [1.29, 1.82) is 0 Å². The number of aromatic amines is 1. The molecule has 0 aliphatic carbocycles. The number of nitrogens with one attached hydrogen (secondary N) is 1. The maximum atomic E-state index is 9.28. The molecule has 3 aromatic heterocycles. The van der Waals surface area contributed by atoms with Crippen LogP contribution < -0.4 is 5.73 Å². The average molecular weight is 405 g/mol. The van der Waals surface area contributed by atoms with Gasteiger partial charge in [-0.3, -0.25) is 9.58 Å². The number of hydrogen-bond donors (Lipinski definition) is 3. The van der Waals surface area contributed by atoms with Crippen molar-refractivity contribution in [2.75, 3.05) is 25.4 Å². The molecule has 3 heterocycles. The summed E-state index contributed by atoms with van der Waals surface area (Å²) in [6, 6.07) is 12.0. The molecular weight excluding hydrogens is 376 g/mol. The van der Waals surface area contributed by atoms with E-state index in [9.17, 15) is 5.11 Å². The molecule has 0 spiro atoms. The number of anilines is 1. The number of pyridine rings is 1. The van der Waals surface area contributed by atoms with E-state index in [2.05, 4.69) is 41.0 Å². The van der Waals surface area contributed by atoms with E-state index >= 15 is 0 Å². The summed E-state index contributed by atoms with van der Waals surface area (Å²) in [4.78, 5) is 10.2. The molecule has 156 valence electrons. The van der Waals surface area contributed by atoms with E-state index in [-0.39, 0.29) is 6.61 Å². The van der Waals surface area contributed by atoms with E-state index in [1.807, 2.05) is 41.2 Å². The molecule has 4 aromatic rings. The van der Waals surface area contributed by atoms with Gasteiger partial charge >= 0.3 is 0 Å². The van der Waals surface area contributed by atoms with Crippen LogP contribution in [0.2, 0.25) is 0 Å². The summed E-state index contributed by atoms with van der Waals surface area (Å²) in [5.41, 5.74) is 12.7. The number of fused-ring (bicyclic) bond motifs is 1. The Bertz CT molecular complexity index is 1130. The molecule has 0 aliphatic heterocycles. The van der Waals surface area contributed by atoms with Crippen molar-refractivity contribution in [2.24, 2.45) is 0 Å². The Morgan fingerprint density at radius 1 is 1.13 bits per heavy atom. The molecule has 0 atom stereocenters. The zero-order chi connectivity index (χ0) is 21.1. The molecule has 0 saturated heterocycles. The smallest absolute Gasteiger partial charge is 0.138 e. The highest BCUT2D eigenvalue weighted by molar-refractivity contribution is 5.97. The fraction of sp³-hybridized carbons (Fsp3) is 0.304. The van der Waals surface area contributed by atoms with Crippen molar-refractivity contribution in [3.05, 3.63) is 54.5 Å². The Morgan fingerprint density at radius 2 is 1.93 bits per heavy atom. The van der Waals surface area contributed by atoms with E-state index in [0.29, 0.717) is 6.54 Å². The third-order valence-electron chi connectivity index (χ3n) is 5.41. The van der Waals surface area contributed by atoms with Gasteiger partial charge in [0.05, 0.1) is 6.61 Å². The Kier molecular flexibility index (Phi) is 5.83. The first-order valence-electron chi connectivity index (χ1n) is 10.4. The molecule has 30 heavy (non-hydrogen) atoms. The summed E-state index contributed by atoms with van der Waals surface area (Å²) >= 11 is 0. The van der Waals surface area contributed by atoms with E-state index in [1.165, 1.54) is 0 Å². The number of aromatic nitrogens is 4. The minimum atomic E-state index is 0.152. The highest BCUT2D eigenvalue weighted by Crippen LogP contribution is 2.35. The molecule has 0 amide bonds. The number of rotatable bonds is 8. The second-order valence-electron chi connectivity index (χ2n) is 7.38. The fourth-order valence-corrected chi connectivity index (χ4v) is 3.77. The number of benzene rings is 1. The SMILES string of the molecule is CCN(CCO)Cc1cc2c(-c3cn(CC)nc3-c3ccc(N)cc3)ccnc2[nH]1. The second-order valence-corrected chi connectivity index (χ2v) is 7.38. The lowest BCUT2D eigenvalue weighted by molar-refractivity contribution is 0.195. The predicted octanol–water partition coefficient (Wildman–Crippen LogP) is 3.51. The highest BCUT2D eigenvalue weighted by atomic mass is 16.3. The topological polar surface area (TPSA) is 96.0 Å². The molecule has 7 heteroatoms. The standard InChI is InChI=1S/C23H28N6O/c1-3-28(11-12-30)14-18-13-20-19(9-10-25-23(20)26-18)21-15-29(4-2)27-22(21)16-5-7-17(24)8-6-16/h5-10,13,15,30H,3-4,11-12,14,24H2,1-2H3,(H,25,26). The summed E-state index contributed by atoms with van der Waals surface area (Å²) in [6.07, 6.45) is 3.93. The van der Waals surface area contributed by atoms with Crippen LogP contribution in [0.5, 0.6) is 0 Å². The Morgan fingerprint density at radius 3 is 2.63 bits per heavy atom. The van der Waals surface area contributed by atoms with Crippen LogP contribution >= 0.6 is 0 Å². The van der Waals surface area contributed by atoms with Gasteiger partial charge in [-0.1, -0.05) is 19.1 Å². The zero-order valence-corrected chi connectivity index (χ0v) is 17.5. The molecule has 4 N–H and O–H groups in total. The van der Waals surface area contributed by atoms with Gasteiger partial charge in [-0.2, -0.15) is 5.10 Å². The quantitative estimate of drug-likeness (QED) is 0.391. The normalized spacial score (nSPS) is 11.6. The second kappa shape index (κ2) is 8.69. The van der Waals surface area contributed by atoms with E-state index in [0.717, 1.165) is 64.4 Å². The van der Waals surface area contributed by atoms with Gasteiger partial charge in [0.2, 0.25) is 0 Å². The molecule has 0 saturated carbocycles. The lowest BCUT2D eigenvalue weighted by Gasteiger charge is -2.17. The summed E-state index contributed by atoms with van der Waals surface area (Å²) in [6.45, 7) is 7.39. The van der Waals surface area contributed by atoms with Gasteiger partial charge in [0.1, 0.15) is 11.3 Å². The number of nitrogens with two attached hydrogens (primary N) is 1. The zero-order valence-electron chi connectivity index (χ0n) is 17.5. The minimum absolute atomic E-state index is 0.152. The number of nitrogen functional groups attached to an aromatic ring is 1. The van der Waals surface area contributed by atoms with E-state index < -0.39 is 0 Å². The van der Waals surface area contributed by atoms with Crippen molar-refractivity contribution < 1.29 is 5.11 Å². The molecule has 0 aliphatic rings. The monoisotopic (exact) mass is 404 g/mol. The van der Waals surface area contributed by atoms with E-state index in [4.69, 9.17) is 10.8 Å². The van der Waals surface area contributed by atoms with Gasteiger partial charge in [-0.25, -0.2) is 4.98 Å². The van der Waals surface area contributed by atoms with Crippen LogP contribution in [-0.2, 0) is 13.1 Å². The molecule has 4 rings (SSSR count). The van der Waals surface area contributed by atoms with E-state index in [1.54, 1.807) is 0 Å². The Labute approximate surface area is 176 Å². The molecule has 0 fully saturated rings. The van der Waals surface area contributed by atoms with Crippen LogP contribution in [0, 0.1) is 0 Å². The molecular formula is C23H28N6O. The maximum Gasteiger partial charge on any atom is 0.138 e. The summed E-state index contributed by atoms with van der Waals surface area (Å²) in [7, 11) is 0. The molecule has 0 bridgehead atoms. The molecule has 7 nitrogen and oxygen atoms in total. The fourth-order valence-electron chi connectivity index (χ4n) is 3.77. The first kappa shape index (κ1) is 20.1. The third kappa shape index (κ3) is 3.94. The maximum absolute atomic E-state index is 9.28. The third-order valence-corrected chi connectivity index (χ3v) is 5.41. The van der Waals surface area contributed by atoms with Crippen LogP contribution in [0.4, 0.5) is 5.69 Å². The van der Waals surface area contributed by atoms with Gasteiger partial charge in [-0.05, 0) is 43.3 Å². The molecule has 0 unspecified atom stereocenters. The average Bonchev–Trinajstić information content (AvgIpc) is 3.37. The van der Waals surface area contributed by atoms with Crippen molar-refractivity contribution in [3.63, 3.8) is 0 Å². The van der Waals surface area contributed by atoms with Crippen LogP contribution in [-0.4, -0.2) is 49.5 Å². The van der Waals surface area contributed by atoms with Gasteiger partial charge < -0.3 is 15.8 Å². The van der Waals surface area contributed by atoms with Crippen LogP contribution in [0.1, 0.15) is 19.5 Å². The number of H-pyrrole nitrogens is 1. The predicted molar refractivity (Wildman–Crippen MR) is 121 cm³/mol. The molecule has 0 radical (unpaired) electrons. The lowest BCUT2D eigenvalue weighted by atomic mass is 10.00. The summed E-state index contributed by atoms with van der Waals surface area (Å²) in [5, 5.41) is 15.2. The van der Waals surface area contributed by atoms with Gasteiger partial charge in [0.25, 0.3) is 0 Å². The van der Waals surface area contributed by atoms with Crippen molar-refractivity contribution >= 4 is 16.7 Å². The number of aryl methyl sites for hydroxylation is 1. The van der Waals surface area contributed by atoms with Gasteiger partial charge in [0, 0.05) is 59.9 Å². The Hall–Kier alpha value is -3.16. The summed E-state index contributed by atoms with van der Waals surface area (Å²) in [5.74, 6) is 0. The number of aliphatic hydroxyl groups excluding tert-OH is 1. The van der Waals surface area contributed by atoms with Crippen molar-refractivity contribution in [3.8, 4) is 22.4 Å². The van der Waals surface area contributed by atoms with Gasteiger partial charge in [-0.15, -0.1) is 0 Å². The van der Waals surface area contributed by atoms with Gasteiger partial charge in [0.15, 0.2) is 0 Å². The van der Waals surface area contributed by atoms with Crippen LogP contribution in [0.3, 0.4) is 0 Å². The highest BCUT2D eigenvalue weighted by Gasteiger charge is 2.17. The van der Waals surface area contributed by atoms with Crippen LogP contribution in [0.15, 0.2) is 48.8 Å². The van der Waals surface area contributed by atoms with Crippen LogP contribution in [0.25, 0.3) is 33.4 Å². The largest absolute Gasteiger partial charge is 0.399 e. The Balaban J connectivity index is 1.80. The van der Waals surface area contributed by atoms with Crippen molar-refractivity contribution in [1.82, 2.24) is 24.6 Å². The first-order valence-corrected chi connectivity index (χ1v) is 10.4. The minimum Gasteiger partial charge on any atom is -0.399 e.